The third-order valence-electron chi connectivity index (χ3n) is 3.72. The highest BCUT2D eigenvalue weighted by molar-refractivity contribution is 9.10. The average molecular weight is 399 g/mol. The number of benzene rings is 1. The lowest BCUT2D eigenvalue weighted by Crippen LogP contribution is -2.49. The Morgan fingerprint density at radius 3 is 2.62 bits per heavy atom. The van der Waals surface area contributed by atoms with Gasteiger partial charge in [0.15, 0.2) is 6.10 Å². The van der Waals surface area contributed by atoms with Gasteiger partial charge in [-0.15, -0.1) is 0 Å². The molecule has 7 nitrogen and oxygen atoms in total. The number of rotatable bonds is 5. The van der Waals surface area contributed by atoms with Crippen molar-refractivity contribution in [2.75, 3.05) is 19.7 Å². The van der Waals surface area contributed by atoms with Gasteiger partial charge in [0, 0.05) is 17.9 Å². The van der Waals surface area contributed by atoms with Crippen molar-refractivity contribution >= 4 is 33.7 Å². The van der Waals surface area contributed by atoms with Crippen molar-refractivity contribution in [3.05, 3.63) is 34.3 Å². The molecule has 0 saturated carbocycles. The third kappa shape index (κ3) is 5.04. The van der Waals surface area contributed by atoms with Gasteiger partial charge in [-0.2, -0.15) is 0 Å². The molecular weight excluding hydrogens is 380 g/mol. The summed E-state index contributed by atoms with van der Waals surface area (Å²) >= 11 is 3.35. The summed E-state index contributed by atoms with van der Waals surface area (Å²) < 4.78 is 6.02. The van der Waals surface area contributed by atoms with Crippen LogP contribution in [0.15, 0.2) is 28.7 Å². The standard InChI is InChI=1S/C16H19BrN2O5/c1-10(20)18-13(11-2-4-12(17)5-3-11)8-15(21)19-6-7-24-14(9-19)16(22)23/h2-5,13-14H,6-9H2,1H3,(H,18,20)(H,22,23)/t13-,14+/m0/s1. The second kappa shape index (κ2) is 8.25. The van der Waals surface area contributed by atoms with E-state index in [0.29, 0.717) is 6.54 Å². The van der Waals surface area contributed by atoms with Gasteiger partial charge in [-0.25, -0.2) is 4.79 Å². The van der Waals surface area contributed by atoms with Crippen LogP contribution in [0.2, 0.25) is 0 Å². The first-order valence-electron chi connectivity index (χ1n) is 7.51. The first-order chi connectivity index (χ1) is 11.4. The molecule has 130 valence electrons. The van der Waals surface area contributed by atoms with Gasteiger partial charge < -0.3 is 20.1 Å². The van der Waals surface area contributed by atoms with Crippen molar-refractivity contribution in [3.63, 3.8) is 0 Å². The minimum atomic E-state index is -1.08. The number of ether oxygens (including phenoxy) is 1. The number of hydrogen-bond donors (Lipinski definition) is 2. The van der Waals surface area contributed by atoms with Crippen LogP contribution in [0.1, 0.15) is 24.9 Å². The maximum absolute atomic E-state index is 12.5. The van der Waals surface area contributed by atoms with Crippen LogP contribution in [0.3, 0.4) is 0 Å². The van der Waals surface area contributed by atoms with Gasteiger partial charge in [0.05, 0.1) is 25.6 Å². The van der Waals surface area contributed by atoms with Crippen molar-refractivity contribution < 1.29 is 24.2 Å². The maximum atomic E-state index is 12.5. The highest BCUT2D eigenvalue weighted by Gasteiger charge is 2.30. The van der Waals surface area contributed by atoms with Gasteiger partial charge in [-0.3, -0.25) is 9.59 Å². The topological polar surface area (TPSA) is 95.9 Å². The van der Waals surface area contributed by atoms with Crippen molar-refractivity contribution in [1.82, 2.24) is 10.2 Å². The molecule has 2 amide bonds. The fraction of sp³-hybridized carbons (Fsp3) is 0.438. The Morgan fingerprint density at radius 2 is 2.04 bits per heavy atom. The Kier molecular flexibility index (Phi) is 6.33. The zero-order valence-corrected chi connectivity index (χ0v) is 14.8. The first kappa shape index (κ1) is 18.4. The molecule has 2 N–H and O–H groups in total. The Labute approximate surface area is 148 Å². The minimum absolute atomic E-state index is 0.0152. The summed E-state index contributed by atoms with van der Waals surface area (Å²) in [6, 6.07) is 6.87. The molecule has 1 saturated heterocycles. The maximum Gasteiger partial charge on any atom is 0.334 e. The number of carboxylic acid groups (broad SMARTS) is 1. The monoisotopic (exact) mass is 398 g/mol. The summed E-state index contributed by atoms with van der Waals surface area (Å²) in [5, 5.41) is 11.8. The fourth-order valence-corrected chi connectivity index (χ4v) is 2.79. The average Bonchev–Trinajstić information content (AvgIpc) is 2.54. The van der Waals surface area contributed by atoms with Gasteiger partial charge in [-0.1, -0.05) is 28.1 Å². The van der Waals surface area contributed by atoms with Gasteiger partial charge in [0.2, 0.25) is 11.8 Å². The number of carboxylic acids is 1. The molecular formula is C16H19BrN2O5. The largest absolute Gasteiger partial charge is 0.479 e. The molecule has 1 fully saturated rings. The molecule has 0 spiro atoms. The number of hydrogen-bond acceptors (Lipinski definition) is 4. The Morgan fingerprint density at radius 1 is 1.38 bits per heavy atom. The van der Waals surface area contributed by atoms with Crippen LogP contribution < -0.4 is 5.32 Å². The number of morpholine rings is 1. The van der Waals surface area contributed by atoms with E-state index in [1.807, 2.05) is 24.3 Å². The smallest absolute Gasteiger partial charge is 0.334 e. The van der Waals surface area contributed by atoms with E-state index in [9.17, 15) is 14.4 Å². The predicted molar refractivity (Wildman–Crippen MR) is 89.3 cm³/mol. The normalized spacial score (nSPS) is 18.8. The second-order valence-corrected chi connectivity index (χ2v) is 6.46. The van der Waals surface area contributed by atoms with Crippen molar-refractivity contribution in [2.24, 2.45) is 0 Å². The van der Waals surface area contributed by atoms with Crippen LogP contribution in [0.25, 0.3) is 0 Å². The van der Waals surface area contributed by atoms with Crippen LogP contribution in [-0.2, 0) is 19.1 Å². The van der Waals surface area contributed by atoms with E-state index in [1.165, 1.54) is 11.8 Å². The molecule has 1 heterocycles. The van der Waals surface area contributed by atoms with E-state index in [2.05, 4.69) is 21.2 Å². The van der Waals surface area contributed by atoms with Crippen LogP contribution >= 0.6 is 15.9 Å². The van der Waals surface area contributed by atoms with Gasteiger partial charge in [-0.05, 0) is 17.7 Å². The molecule has 0 radical (unpaired) electrons. The predicted octanol–water partition coefficient (Wildman–Crippen LogP) is 1.33. The first-order valence-corrected chi connectivity index (χ1v) is 8.31. The van der Waals surface area contributed by atoms with E-state index in [4.69, 9.17) is 9.84 Å². The van der Waals surface area contributed by atoms with E-state index >= 15 is 0 Å². The van der Waals surface area contributed by atoms with Crippen LogP contribution in [-0.4, -0.2) is 53.6 Å². The van der Waals surface area contributed by atoms with Gasteiger partial charge in [0.25, 0.3) is 0 Å². The molecule has 2 atom stereocenters. The van der Waals surface area contributed by atoms with Crippen LogP contribution in [0.5, 0.6) is 0 Å². The molecule has 0 aromatic heterocycles. The number of nitrogens with zero attached hydrogens (tertiary/aromatic N) is 1. The summed E-state index contributed by atoms with van der Waals surface area (Å²) in [5.74, 6) is -1.54. The molecule has 2 rings (SSSR count). The molecule has 0 aliphatic carbocycles. The number of carbonyl (C=O) groups is 3. The highest BCUT2D eigenvalue weighted by atomic mass is 79.9. The summed E-state index contributed by atoms with van der Waals surface area (Å²) in [6.07, 6.45) is -0.942. The summed E-state index contributed by atoms with van der Waals surface area (Å²) in [5.41, 5.74) is 0.810. The number of carbonyl (C=O) groups excluding carboxylic acids is 2. The lowest BCUT2D eigenvalue weighted by atomic mass is 10.0. The summed E-state index contributed by atoms with van der Waals surface area (Å²) in [6.45, 7) is 1.94. The Hall–Kier alpha value is -1.93. The number of amides is 2. The molecule has 1 aromatic rings. The van der Waals surface area contributed by atoms with E-state index < -0.39 is 18.1 Å². The third-order valence-corrected chi connectivity index (χ3v) is 4.25. The number of aliphatic carboxylic acids is 1. The molecule has 24 heavy (non-hydrogen) atoms. The van der Waals surface area contributed by atoms with Crippen molar-refractivity contribution in [2.45, 2.75) is 25.5 Å². The Balaban J connectivity index is 2.08. The molecule has 1 aliphatic rings. The quantitative estimate of drug-likeness (QED) is 0.779. The van der Waals surface area contributed by atoms with Crippen LogP contribution in [0.4, 0.5) is 0 Å². The highest BCUT2D eigenvalue weighted by Crippen LogP contribution is 2.21. The molecule has 8 heteroatoms. The van der Waals surface area contributed by atoms with Gasteiger partial charge in [0.1, 0.15) is 0 Å². The SMILES string of the molecule is CC(=O)N[C@@H](CC(=O)N1CCO[C@@H](C(=O)O)C1)c1ccc(Br)cc1. The molecule has 1 aliphatic heterocycles. The number of nitrogens with one attached hydrogen (secondary N) is 1. The van der Waals surface area contributed by atoms with Gasteiger partial charge >= 0.3 is 5.97 Å². The van der Waals surface area contributed by atoms with E-state index in [0.717, 1.165) is 10.0 Å². The molecule has 1 aromatic carbocycles. The zero-order valence-electron chi connectivity index (χ0n) is 13.2. The minimum Gasteiger partial charge on any atom is -0.479 e. The van der Waals surface area contributed by atoms with Crippen molar-refractivity contribution in [3.8, 4) is 0 Å². The molecule has 0 bridgehead atoms. The summed E-state index contributed by atoms with van der Waals surface area (Å²) in [4.78, 5) is 36.5. The zero-order chi connectivity index (χ0) is 17.7. The molecule has 0 unspecified atom stereocenters. The van der Waals surface area contributed by atoms with Crippen molar-refractivity contribution in [1.29, 1.82) is 0 Å². The fourth-order valence-electron chi connectivity index (χ4n) is 2.52. The summed E-state index contributed by atoms with van der Waals surface area (Å²) in [7, 11) is 0. The van der Waals surface area contributed by atoms with Crippen LogP contribution in [0, 0.1) is 0 Å². The van der Waals surface area contributed by atoms with E-state index in [-0.39, 0.29) is 31.4 Å². The lowest BCUT2D eigenvalue weighted by molar-refractivity contribution is -0.159. The second-order valence-electron chi connectivity index (χ2n) is 5.55. The van der Waals surface area contributed by atoms with E-state index in [1.54, 1.807) is 0 Å². The Bertz CT molecular complexity index is 619. The lowest BCUT2D eigenvalue weighted by Gasteiger charge is -2.32. The number of halogens is 1.